The SMILES string of the molecule is CCCCCNC(=O)CCCC(C)C. The smallest absolute Gasteiger partial charge is 0.219 e. The van der Waals surface area contributed by atoms with Gasteiger partial charge in [-0.1, -0.05) is 40.0 Å². The molecule has 1 amide bonds. The van der Waals surface area contributed by atoms with Crippen molar-refractivity contribution >= 4 is 5.91 Å². The second-order valence-corrected chi connectivity index (χ2v) is 4.34. The summed E-state index contributed by atoms with van der Waals surface area (Å²) in [5.41, 5.74) is 0. The topological polar surface area (TPSA) is 29.1 Å². The minimum atomic E-state index is 0.224. The number of amides is 1. The van der Waals surface area contributed by atoms with Gasteiger partial charge in [-0.2, -0.15) is 0 Å². The lowest BCUT2D eigenvalue weighted by molar-refractivity contribution is -0.121. The van der Waals surface area contributed by atoms with Crippen LogP contribution in [0.4, 0.5) is 0 Å². The van der Waals surface area contributed by atoms with E-state index in [4.69, 9.17) is 0 Å². The van der Waals surface area contributed by atoms with Crippen molar-refractivity contribution in [2.24, 2.45) is 5.92 Å². The lowest BCUT2D eigenvalue weighted by Crippen LogP contribution is -2.24. The third-order valence-corrected chi connectivity index (χ3v) is 2.29. The predicted molar refractivity (Wildman–Crippen MR) is 61.2 cm³/mol. The fourth-order valence-electron chi connectivity index (χ4n) is 1.36. The molecule has 0 atom stereocenters. The third kappa shape index (κ3) is 9.56. The van der Waals surface area contributed by atoms with Gasteiger partial charge in [0.2, 0.25) is 5.91 Å². The first-order chi connectivity index (χ1) is 6.66. The zero-order valence-corrected chi connectivity index (χ0v) is 9.94. The highest BCUT2D eigenvalue weighted by Crippen LogP contribution is 2.05. The summed E-state index contributed by atoms with van der Waals surface area (Å²) >= 11 is 0. The summed E-state index contributed by atoms with van der Waals surface area (Å²) in [5, 5.41) is 2.95. The van der Waals surface area contributed by atoms with Crippen molar-refractivity contribution in [2.45, 2.75) is 59.3 Å². The molecule has 0 aliphatic rings. The molecule has 0 rings (SSSR count). The molecule has 0 heterocycles. The van der Waals surface area contributed by atoms with Gasteiger partial charge in [-0.15, -0.1) is 0 Å². The van der Waals surface area contributed by atoms with Crippen LogP contribution in [-0.2, 0) is 4.79 Å². The first kappa shape index (κ1) is 13.5. The Labute approximate surface area is 88.5 Å². The second-order valence-electron chi connectivity index (χ2n) is 4.34. The molecule has 0 spiro atoms. The third-order valence-electron chi connectivity index (χ3n) is 2.29. The van der Waals surface area contributed by atoms with Crippen LogP contribution in [0.5, 0.6) is 0 Å². The summed E-state index contributed by atoms with van der Waals surface area (Å²) < 4.78 is 0. The monoisotopic (exact) mass is 199 g/mol. The van der Waals surface area contributed by atoms with Crippen LogP contribution >= 0.6 is 0 Å². The van der Waals surface area contributed by atoms with Gasteiger partial charge in [0.05, 0.1) is 0 Å². The number of unbranched alkanes of at least 4 members (excludes halogenated alkanes) is 2. The van der Waals surface area contributed by atoms with Gasteiger partial charge < -0.3 is 5.32 Å². The number of hydrogen-bond acceptors (Lipinski definition) is 1. The molecule has 0 aromatic rings. The Morgan fingerprint density at radius 1 is 1.21 bits per heavy atom. The molecule has 0 aromatic heterocycles. The predicted octanol–water partition coefficient (Wildman–Crippen LogP) is 3.12. The molecule has 0 fully saturated rings. The number of carbonyl (C=O) groups is 1. The normalized spacial score (nSPS) is 10.6. The van der Waals surface area contributed by atoms with Crippen LogP contribution in [0.1, 0.15) is 59.3 Å². The van der Waals surface area contributed by atoms with Gasteiger partial charge in [0.25, 0.3) is 0 Å². The molecule has 0 saturated carbocycles. The summed E-state index contributed by atoms with van der Waals surface area (Å²) in [6, 6.07) is 0. The van der Waals surface area contributed by atoms with Crippen molar-refractivity contribution in [1.82, 2.24) is 5.32 Å². The van der Waals surface area contributed by atoms with Crippen molar-refractivity contribution in [2.75, 3.05) is 6.54 Å². The largest absolute Gasteiger partial charge is 0.356 e. The van der Waals surface area contributed by atoms with E-state index in [0.717, 1.165) is 25.8 Å². The first-order valence-electron chi connectivity index (χ1n) is 5.93. The molecule has 84 valence electrons. The van der Waals surface area contributed by atoms with E-state index >= 15 is 0 Å². The average molecular weight is 199 g/mol. The van der Waals surface area contributed by atoms with E-state index in [0.29, 0.717) is 12.3 Å². The summed E-state index contributed by atoms with van der Waals surface area (Å²) in [5.74, 6) is 0.935. The summed E-state index contributed by atoms with van der Waals surface area (Å²) in [7, 11) is 0. The van der Waals surface area contributed by atoms with Crippen LogP contribution in [-0.4, -0.2) is 12.5 Å². The molecule has 0 aliphatic heterocycles. The molecule has 0 bridgehead atoms. The lowest BCUT2D eigenvalue weighted by Gasteiger charge is -2.05. The van der Waals surface area contributed by atoms with Gasteiger partial charge in [-0.05, 0) is 18.8 Å². The fraction of sp³-hybridized carbons (Fsp3) is 0.917. The minimum Gasteiger partial charge on any atom is -0.356 e. The van der Waals surface area contributed by atoms with Crippen LogP contribution < -0.4 is 5.32 Å². The van der Waals surface area contributed by atoms with Crippen LogP contribution in [0, 0.1) is 5.92 Å². The summed E-state index contributed by atoms with van der Waals surface area (Å²) in [6.45, 7) is 7.41. The molecule has 0 saturated heterocycles. The molecular formula is C12H25NO. The Morgan fingerprint density at radius 3 is 2.50 bits per heavy atom. The van der Waals surface area contributed by atoms with Crippen LogP contribution in [0.25, 0.3) is 0 Å². The number of rotatable bonds is 8. The number of nitrogens with one attached hydrogen (secondary N) is 1. The van der Waals surface area contributed by atoms with Crippen molar-refractivity contribution < 1.29 is 4.79 Å². The maximum absolute atomic E-state index is 11.3. The number of hydrogen-bond donors (Lipinski definition) is 1. The van der Waals surface area contributed by atoms with E-state index in [-0.39, 0.29) is 5.91 Å². The van der Waals surface area contributed by atoms with Gasteiger partial charge in [0.15, 0.2) is 0 Å². The maximum atomic E-state index is 11.3. The van der Waals surface area contributed by atoms with E-state index in [9.17, 15) is 4.79 Å². The van der Waals surface area contributed by atoms with Gasteiger partial charge in [0, 0.05) is 13.0 Å². The average Bonchev–Trinajstić information content (AvgIpc) is 2.12. The first-order valence-corrected chi connectivity index (χ1v) is 5.93. The van der Waals surface area contributed by atoms with E-state index in [2.05, 4.69) is 26.1 Å². The molecule has 0 aliphatic carbocycles. The zero-order valence-electron chi connectivity index (χ0n) is 9.94. The van der Waals surface area contributed by atoms with E-state index < -0.39 is 0 Å². The standard InChI is InChI=1S/C12H25NO/c1-4-5-6-10-13-12(14)9-7-8-11(2)3/h11H,4-10H2,1-3H3,(H,13,14). The molecule has 2 nitrogen and oxygen atoms in total. The highest BCUT2D eigenvalue weighted by atomic mass is 16.1. The van der Waals surface area contributed by atoms with Crippen molar-refractivity contribution in [3.8, 4) is 0 Å². The Balaban J connectivity index is 3.20. The minimum absolute atomic E-state index is 0.224. The Morgan fingerprint density at radius 2 is 1.93 bits per heavy atom. The number of carbonyl (C=O) groups excluding carboxylic acids is 1. The van der Waals surface area contributed by atoms with Crippen molar-refractivity contribution in [3.05, 3.63) is 0 Å². The highest BCUT2D eigenvalue weighted by molar-refractivity contribution is 5.75. The highest BCUT2D eigenvalue weighted by Gasteiger charge is 2.01. The summed E-state index contributed by atoms with van der Waals surface area (Å²) in [6.07, 6.45) is 6.42. The van der Waals surface area contributed by atoms with E-state index in [1.54, 1.807) is 0 Å². The Kier molecular flexibility index (Phi) is 8.70. The quantitative estimate of drug-likeness (QED) is 0.598. The molecule has 1 N–H and O–H groups in total. The zero-order chi connectivity index (χ0) is 10.8. The van der Waals surface area contributed by atoms with Gasteiger partial charge in [-0.3, -0.25) is 4.79 Å². The van der Waals surface area contributed by atoms with Gasteiger partial charge in [-0.25, -0.2) is 0 Å². The van der Waals surface area contributed by atoms with E-state index in [1.165, 1.54) is 12.8 Å². The fourth-order valence-corrected chi connectivity index (χ4v) is 1.36. The molecule has 0 radical (unpaired) electrons. The van der Waals surface area contributed by atoms with Crippen LogP contribution in [0.3, 0.4) is 0 Å². The van der Waals surface area contributed by atoms with Crippen molar-refractivity contribution in [3.63, 3.8) is 0 Å². The maximum Gasteiger partial charge on any atom is 0.219 e. The van der Waals surface area contributed by atoms with Gasteiger partial charge in [0.1, 0.15) is 0 Å². The lowest BCUT2D eigenvalue weighted by atomic mass is 10.1. The van der Waals surface area contributed by atoms with Gasteiger partial charge >= 0.3 is 0 Å². The molecule has 2 heteroatoms. The Bertz CT molecular complexity index is 143. The van der Waals surface area contributed by atoms with Crippen LogP contribution in [0.15, 0.2) is 0 Å². The second kappa shape index (κ2) is 9.04. The molecular weight excluding hydrogens is 174 g/mol. The Hall–Kier alpha value is -0.530. The molecule has 0 unspecified atom stereocenters. The van der Waals surface area contributed by atoms with E-state index in [1.807, 2.05) is 0 Å². The van der Waals surface area contributed by atoms with Crippen molar-refractivity contribution in [1.29, 1.82) is 0 Å². The molecule has 0 aromatic carbocycles. The van der Waals surface area contributed by atoms with Crippen LogP contribution in [0.2, 0.25) is 0 Å². The summed E-state index contributed by atoms with van der Waals surface area (Å²) in [4.78, 5) is 11.3. The molecule has 14 heavy (non-hydrogen) atoms.